The Kier molecular flexibility index (Phi) is 4.12. The van der Waals surface area contributed by atoms with E-state index in [1.165, 1.54) is 0 Å². The van der Waals surface area contributed by atoms with Crippen molar-refractivity contribution in [3.8, 4) is 0 Å². The molecule has 0 radical (unpaired) electrons. The average Bonchev–Trinajstić information content (AvgIpc) is 2.48. The van der Waals surface area contributed by atoms with E-state index in [1.807, 2.05) is 13.8 Å². The van der Waals surface area contributed by atoms with Gasteiger partial charge in [0.1, 0.15) is 0 Å². The van der Waals surface area contributed by atoms with Gasteiger partial charge in [0.15, 0.2) is 5.79 Å². The van der Waals surface area contributed by atoms with E-state index in [0.29, 0.717) is 26.2 Å². The van der Waals surface area contributed by atoms with Crippen molar-refractivity contribution in [1.82, 2.24) is 0 Å². The van der Waals surface area contributed by atoms with Crippen LogP contribution in [0, 0.1) is 0 Å². The molecule has 1 saturated heterocycles. The second kappa shape index (κ2) is 4.91. The Balaban J connectivity index is 2.21. The molecule has 78 valence electrons. The van der Waals surface area contributed by atoms with Gasteiger partial charge in [-0.3, -0.25) is 0 Å². The zero-order valence-electron chi connectivity index (χ0n) is 8.28. The topological polar surface area (TPSA) is 47.9 Å². The third-order valence-corrected chi connectivity index (χ3v) is 2.05. The van der Waals surface area contributed by atoms with Crippen molar-refractivity contribution in [2.45, 2.75) is 32.2 Å². The highest BCUT2D eigenvalue weighted by Crippen LogP contribution is 2.24. The summed E-state index contributed by atoms with van der Waals surface area (Å²) in [5, 5.41) is 8.55. The van der Waals surface area contributed by atoms with Gasteiger partial charge in [-0.2, -0.15) is 0 Å². The second-order valence-electron chi connectivity index (χ2n) is 3.44. The first kappa shape index (κ1) is 10.9. The Morgan fingerprint density at radius 2 is 2.08 bits per heavy atom. The molecule has 0 saturated carbocycles. The molecule has 1 heterocycles. The first-order valence-electron chi connectivity index (χ1n) is 4.67. The number of ether oxygens (including phenoxy) is 3. The van der Waals surface area contributed by atoms with Gasteiger partial charge in [-0.05, 0) is 13.8 Å². The Morgan fingerprint density at radius 1 is 1.46 bits per heavy atom. The molecule has 1 aliphatic heterocycles. The van der Waals surface area contributed by atoms with Crippen LogP contribution in [0.5, 0.6) is 0 Å². The molecule has 1 N–H and O–H groups in total. The van der Waals surface area contributed by atoms with Crippen LogP contribution < -0.4 is 0 Å². The summed E-state index contributed by atoms with van der Waals surface area (Å²) in [5.74, 6) is -0.491. The van der Waals surface area contributed by atoms with Crippen molar-refractivity contribution < 1.29 is 19.3 Å². The van der Waals surface area contributed by atoms with Gasteiger partial charge in [-0.25, -0.2) is 0 Å². The summed E-state index contributed by atoms with van der Waals surface area (Å²) in [6.45, 7) is 5.61. The molecule has 0 unspecified atom stereocenters. The maximum Gasteiger partial charge on any atom is 0.168 e. The quantitative estimate of drug-likeness (QED) is 0.687. The molecule has 0 spiro atoms. The lowest BCUT2D eigenvalue weighted by Gasteiger charge is -2.25. The van der Waals surface area contributed by atoms with E-state index >= 15 is 0 Å². The van der Waals surface area contributed by atoms with Crippen molar-refractivity contribution in [1.29, 1.82) is 0 Å². The molecular weight excluding hydrogens is 172 g/mol. The number of hydrogen-bond donors (Lipinski definition) is 1. The number of aliphatic hydroxyl groups is 1. The van der Waals surface area contributed by atoms with Crippen molar-refractivity contribution in [2.24, 2.45) is 0 Å². The molecule has 4 heteroatoms. The lowest BCUT2D eigenvalue weighted by molar-refractivity contribution is -0.167. The number of rotatable bonds is 5. The van der Waals surface area contributed by atoms with Gasteiger partial charge in [0.05, 0.1) is 32.5 Å². The van der Waals surface area contributed by atoms with E-state index in [-0.39, 0.29) is 12.7 Å². The minimum Gasteiger partial charge on any atom is -0.394 e. The van der Waals surface area contributed by atoms with E-state index in [4.69, 9.17) is 19.3 Å². The Hall–Kier alpha value is -0.160. The summed E-state index contributed by atoms with van der Waals surface area (Å²) in [6.07, 6.45) is 0.753. The van der Waals surface area contributed by atoms with Crippen LogP contribution in [-0.4, -0.2) is 43.4 Å². The summed E-state index contributed by atoms with van der Waals surface area (Å²) >= 11 is 0. The third-order valence-electron chi connectivity index (χ3n) is 2.05. The first-order valence-corrected chi connectivity index (χ1v) is 4.67. The molecule has 0 aliphatic carbocycles. The highest BCUT2D eigenvalue weighted by molar-refractivity contribution is 4.71. The van der Waals surface area contributed by atoms with Gasteiger partial charge in [-0.1, -0.05) is 0 Å². The van der Waals surface area contributed by atoms with Gasteiger partial charge in [0.2, 0.25) is 0 Å². The van der Waals surface area contributed by atoms with Gasteiger partial charge in [-0.15, -0.1) is 0 Å². The maximum atomic E-state index is 8.55. The third kappa shape index (κ3) is 3.60. The molecule has 0 aromatic heterocycles. The van der Waals surface area contributed by atoms with Crippen molar-refractivity contribution >= 4 is 0 Å². The predicted molar refractivity (Wildman–Crippen MR) is 47.4 cm³/mol. The average molecular weight is 190 g/mol. The Bertz CT molecular complexity index is 143. The van der Waals surface area contributed by atoms with Gasteiger partial charge < -0.3 is 19.3 Å². The molecular formula is C9H18O4. The van der Waals surface area contributed by atoms with Crippen LogP contribution in [0.3, 0.4) is 0 Å². The summed E-state index contributed by atoms with van der Waals surface area (Å²) in [7, 11) is 0. The van der Waals surface area contributed by atoms with Crippen LogP contribution in [0.4, 0.5) is 0 Å². The standard InChI is InChI=1S/C9H18O4/c1-8(11-4-3-10)7-9(2)12-5-6-13-9/h8,10H,3-7H2,1-2H3/t8-/m1/s1. The van der Waals surface area contributed by atoms with Gasteiger partial charge >= 0.3 is 0 Å². The van der Waals surface area contributed by atoms with Gasteiger partial charge in [0, 0.05) is 6.42 Å². The van der Waals surface area contributed by atoms with E-state index in [2.05, 4.69) is 0 Å². The number of hydrogen-bond acceptors (Lipinski definition) is 4. The van der Waals surface area contributed by atoms with Crippen molar-refractivity contribution in [2.75, 3.05) is 26.4 Å². The summed E-state index contributed by atoms with van der Waals surface area (Å²) in [5.41, 5.74) is 0. The molecule has 1 fully saturated rings. The van der Waals surface area contributed by atoms with Crippen LogP contribution in [0.25, 0.3) is 0 Å². The van der Waals surface area contributed by atoms with Crippen molar-refractivity contribution in [3.63, 3.8) is 0 Å². The van der Waals surface area contributed by atoms with Crippen LogP contribution in [0.2, 0.25) is 0 Å². The Labute approximate surface area is 78.8 Å². The summed E-state index contributed by atoms with van der Waals surface area (Å²) < 4.78 is 16.2. The first-order chi connectivity index (χ1) is 6.16. The molecule has 1 atom stereocenters. The highest BCUT2D eigenvalue weighted by Gasteiger charge is 2.32. The largest absolute Gasteiger partial charge is 0.394 e. The lowest BCUT2D eigenvalue weighted by atomic mass is 10.1. The lowest BCUT2D eigenvalue weighted by Crippen LogP contribution is -2.31. The molecule has 4 nitrogen and oxygen atoms in total. The molecule has 0 aromatic rings. The van der Waals surface area contributed by atoms with Crippen molar-refractivity contribution in [3.05, 3.63) is 0 Å². The highest BCUT2D eigenvalue weighted by atomic mass is 16.7. The normalized spacial score (nSPS) is 23.3. The molecule has 0 aromatic carbocycles. The van der Waals surface area contributed by atoms with E-state index in [9.17, 15) is 0 Å². The zero-order valence-corrected chi connectivity index (χ0v) is 8.28. The fraction of sp³-hybridized carbons (Fsp3) is 1.00. The SMILES string of the molecule is C[C@H](CC1(C)OCCO1)OCCO. The molecule has 0 bridgehead atoms. The number of aliphatic hydroxyl groups excluding tert-OH is 1. The smallest absolute Gasteiger partial charge is 0.168 e. The fourth-order valence-electron chi connectivity index (χ4n) is 1.51. The maximum absolute atomic E-state index is 8.55. The second-order valence-corrected chi connectivity index (χ2v) is 3.44. The van der Waals surface area contributed by atoms with E-state index in [0.717, 1.165) is 0 Å². The summed E-state index contributed by atoms with van der Waals surface area (Å²) in [6, 6.07) is 0. The van der Waals surface area contributed by atoms with Crippen LogP contribution in [0.1, 0.15) is 20.3 Å². The van der Waals surface area contributed by atoms with Crippen LogP contribution >= 0.6 is 0 Å². The minimum absolute atomic E-state index is 0.0512. The molecule has 13 heavy (non-hydrogen) atoms. The monoisotopic (exact) mass is 190 g/mol. The van der Waals surface area contributed by atoms with Crippen LogP contribution in [-0.2, 0) is 14.2 Å². The molecule has 1 aliphatic rings. The van der Waals surface area contributed by atoms with Crippen LogP contribution in [0.15, 0.2) is 0 Å². The van der Waals surface area contributed by atoms with E-state index < -0.39 is 5.79 Å². The van der Waals surface area contributed by atoms with Gasteiger partial charge in [0.25, 0.3) is 0 Å². The predicted octanol–water partition coefficient (Wildman–Crippen LogP) is 0.537. The fourth-order valence-corrected chi connectivity index (χ4v) is 1.51. The minimum atomic E-state index is -0.491. The van der Waals surface area contributed by atoms with E-state index in [1.54, 1.807) is 0 Å². The molecule has 1 rings (SSSR count). The Morgan fingerprint density at radius 3 is 2.62 bits per heavy atom. The molecule has 0 amide bonds. The zero-order chi connectivity index (χ0) is 9.73. The summed E-state index contributed by atoms with van der Waals surface area (Å²) in [4.78, 5) is 0.